The number of sulfonamides is 1. The van der Waals surface area contributed by atoms with Crippen LogP contribution in [0.4, 0.5) is 11.4 Å². The molecule has 0 heterocycles. The van der Waals surface area contributed by atoms with Gasteiger partial charge < -0.3 is 20.1 Å². The second kappa shape index (κ2) is 13.7. The van der Waals surface area contributed by atoms with Crippen molar-refractivity contribution in [3.05, 3.63) is 114 Å². The van der Waals surface area contributed by atoms with Crippen molar-refractivity contribution in [1.82, 2.24) is 5.32 Å². The molecule has 4 aromatic carbocycles. The number of amides is 2. The summed E-state index contributed by atoms with van der Waals surface area (Å²) in [6.07, 6.45) is 0.545. The predicted octanol–water partition coefficient (Wildman–Crippen LogP) is 4.82. The van der Waals surface area contributed by atoms with Crippen LogP contribution in [0, 0.1) is 6.92 Å². The molecule has 10 heteroatoms. The Morgan fingerprint density at radius 2 is 1.48 bits per heavy atom. The SMILES string of the molecule is COc1ccc(CCNC(=O)c2ccccc2NC(=O)CN(c2ccccc2C)S(=O)(=O)c2ccccc2)cc1OC. The van der Waals surface area contributed by atoms with Crippen LogP contribution in [0.2, 0.25) is 0 Å². The van der Waals surface area contributed by atoms with Gasteiger partial charge in [0.1, 0.15) is 6.54 Å². The number of methoxy groups -OCH3 is 2. The summed E-state index contributed by atoms with van der Waals surface area (Å²) in [6, 6.07) is 27.0. The molecule has 0 aromatic heterocycles. The zero-order chi connectivity index (χ0) is 30.1. The minimum atomic E-state index is -4.06. The predicted molar refractivity (Wildman–Crippen MR) is 163 cm³/mol. The number of carbonyl (C=O) groups excluding carboxylic acids is 2. The van der Waals surface area contributed by atoms with Crippen molar-refractivity contribution in [2.24, 2.45) is 0 Å². The lowest BCUT2D eigenvalue weighted by Gasteiger charge is -2.25. The van der Waals surface area contributed by atoms with Gasteiger partial charge in [0, 0.05) is 6.54 Å². The van der Waals surface area contributed by atoms with Crippen molar-refractivity contribution >= 4 is 33.2 Å². The van der Waals surface area contributed by atoms with E-state index in [2.05, 4.69) is 10.6 Å². The summed E-state index contributed by atoms with van der Waals surface area (Å²) in [5.74, 6) is 0.248. The van der Waals surface area contributed by atoms with Crippen LogP contribution in [-0.2, 0) is 21.2 Å². The topological polar surface area (TPSA) is 114 Å². The number of aryl methyl sites for hydroxylation is 1. The summed E-state index contributed by atoms with van der Waals surface area (Å²) < 4.78 is 38.9. The standard InChI is InChI=1S/C32H33N3O6S/c1-23-11-7-10-16-28(23)35(42(38,39)25-12-5-4-6-13-25)22-31(36)34-27-15-9-8-14-26(27)32(37)33-20-19-24-17-18-29(40-2)30(21-24)41-3/h4-18,21H,19-20,22H2,1-3H3,(H,33,37)(H,34,36). The van der Waals surface area contributed by atoms with Gasteiger partial charge in [-0.2, -0.15) is 0 Å². The molecule has 0 aliphatic rings. The highest BCUT2D eigenvalue weighted by molar-refractivity contribution is 7.92. The minimum Gasteiger partial charge on any atom is -0.493 e. The number of para-hydroxylation sites is 2. The van der Waals surface area contributed by atoms with E-state index in [1.807, 2.05) is 12.1 Å². The monoisotopic (exact) mass is 587 g/mol. The zero-order valence-corrected chi connectivity index (χ0v) is 24.5. The summed E-state index contributed by atoms with van der Waals surface area (Å²) in [5.41, 5.74) is 2.56. The van der Waals surface area contributed by atoms with Gasteiger partial charge in [-0.1, -0.05) is 54.6 Å². The van der Waals surface area contributed by atoms with Crippen molar-refractivity contribution in [3.63, 3.8) is 0 Å². The van der Waals surface area contributed by atoms with Gasteiger partial charge in [0.25, 0.3) is 15.9 Å². The van der Waals surface area contributed by atoms with Crippen LogP contribution in [0.5, 0.6) is 11.5 Å². The van der Waals surface area contributed by atoms with Crippen molar-refractivity contribution in [1.29, 1.82) is 0 Å². The molecule has 0 aliphatic heterocycles. The Bertz CT molecular complexity index is 1660. The third-order valence-electron chi connectivity index (χ3n) is 6.60. The molecule has 0 bridgehead atoms. The maximum Gasteiger partial charge on any atom is 0.264 e. The molecule has 0 atom stereocenters. The van der Waals surface area contributed by atoms with E-state index in [0.29, 0.717) is 35.7 Å². The molecule has 42 heavy (non-hydrogen) atoms. The fraction of sp³-hybridized carbons (Fsp3) is 0.188. The van der Waals surface area contributed by atoms with Gasteiger partial charge in [0.05, 0.1) is 36.1 Å². The molecule has 218 valence electrons. The first-order valence-corrected chi connectivity index (χ1v) is 14.7. The normalized spacial score (nSPS) is 10.9. The molecule has 4 aromatic rings. The van der Waals surface area contributed by atoms with E-state index < -0.39 is 22.5 Å². The van der Waals surface area contributed by atoms with Crippen molar-refractivity contribution in [2.75, 3.05) is 36.9 Å². The first-order chi connectivity index (χ1) is 20.2. The van der Waals surface area contributed by atoms with E-state index >= 15 is 0 Å². The van der Waals surface area contributed by atoms with E-state index in [0.717, 1.165) is 9.87 Å². The van der Waals surface area contributed by atoms with E-state index in [4.69, 9.17) is 9.47 Å². The average molecular weight is 588 g/mol. The van der Waals surface area contributed by atoms with Crippen LogP contribution in [0.15, 0.2) is 102 Å². The zero-order valence-electron chi connectivity index (χ0n) is 23.7. The second-order valence-corrected chi connectivity index (χ2v) is 11.3. The van der Waals surface area contributed by atoms with Crippen molar-refractivity contribution in [2.45, 2.75) is 18.2 Å². The van der Waals surface area contributed by atoms with Gasteiger partial charge in [-0.25, -0.2) is 8.42 Å². The number of rotatable bonds is 12. The number of hydrogen-bond acceptors (Lipinski definition) is 6. The molecule has 9 nitrogen and oxygen atoms in total. The number of benzene rings is 4. The average Bonchev–Trinajstić information content (AvgIpc) is 3.00. The Morgan fingerprint density at radius 1 is 0.810 bits per heavy atom. The van der Waals surface area contributed by atoms with Crippen LogP contribution < -0.4 is 24.4 Å². The van der Waals surface area contributed by atoms with E-state index in [9.17, 15) is 18.0 Å². The van der Waals surface area contributed by atoms with Gasteiger partial charge in [0.2, 0.25) is 5.91 Å². The smallest absolute Gasteiger partial charge is 0.264 e. The molecule has 4 rings (SSSR count). The molecule has 0 spiro atoms. The van der Waals surface area contributed by atoms with Gasteiger partial charge >= 0.3 is 0 Å². The number of hydrogen-bond donors (Lipinski definition) is 2. The van der Waals surface area contributed by atoms with Crippen LogP contribution in [-0.4, -0.2) is 47.5 Å². The second-order valence-electron chi connectivity index (χ2n) is 9.40. The number of nitrogens with zero attached hydrogens (tertiary/aromatic N) is 1. The Kier molecular flexibility index (Phi) is 9.82. The first kappa shape index (κ1) is 30.1. The quantitative estimate of drug-likeness (QED) is 0.246. The Balaban J connectivity index is 1.49. The van der Waals surface area contributed by atoms with E-state index in [1.165, 1.54) is 12.1 Å². The first-order valence-electron chi connectivity index (χ1n) is 13.3. The van der Waals surface area contributed by atoms with Gasteiger partial charge in [-0.05, 0) is 66.9 Å². The molecule has 0 aliphatic carbocycles. The molecule has 0 saturated carbocycles. The van der Waals surface area contributed by atoms with Crippen LogP contribution in [0.3, 0.4) is 0 Å². The van der Waals surface area contributed by atoms with E-state index in [-0.39, 0.29) is 22.1 Å². The van der Waals surface area contributed by atoms with E-state index in [1.54, 1.807) is 93.9 Å². The van der Waals surface area contributed by atoms with Crippen LogP contribution in [0.1, 0.15) is 21.5 Å². The lowest BCUT2D eigenvalue weighted by atomic mass is 10.1. The van der Waals surface area contributed by atoms with Crippen LogP contribution >= 0.6 is 0 Å². The summed E-state index contributed by atoms with van der Waals surface area (Å²) in [6.45, 7) is 1.63. The van der Waals surface area contributed by atoms with Gasteiger partial charge in [-0.15, -0.1) is 0 Å². The third kappa shape index (κ3) is 7.08. The number of nitrogens with one attached hydrogen (secondary N) is 2. The highest BCUT2D eigenvalue weighted by Gasteiger charge is 2.28. The molecule has 2 amide bonds. The van der Waals surface area contributed by atoms with Gasteiger partial charge in [0.15, 0.2) is 11.5 Å². The molecule has 0 fully saturated rings. The maximum absolute atomic E-state index is 13.6. The highest BCUT2D eigenvalue weighted by Crippen LogP contribution is 2.28. The Hall–Kier alpha value is -4.83. The van der Waals surface area contributed by atoms with Gasteiger partial charge in [-0.3, -0.25) is 13.9 Å². The Labute approximate surface area is 246 Å². The molecule has 0 radical (unpaired) electrons. The largest absolute Gasteiger partial charge is 0.493 e. The summed E-state index contributed by atoms with van der Waals surface area (Å²) in [5, 5.41) is 5.61. The molecule has 0 unspecified atom stereocenters. The minimum absolute atomic E-state index is 0.0651. The highest BCUT2D eigenvalue weighted by atomic mass is 32.2. The number of ether oxygens (including phenoxy) is 2. The molecular formula is C32H33N3O6S. The number of anilines is 2. The lowest BCUT2D eigenvalue weighted by Crippen LogP contribution is -2.39. The number of carbonyl (C=O) groups is 2. The fourth-order valence-electron chi connectivity index (χ4n) is 4.42. The van der Waals surface area contributed by atoms with Crippen molar-refractivity contribution in [3.8, 4) is 11.5 Å². The third-order valence-corrected chi connectivity index (χ3v) is 8.37. The van der Waals surface area contributed by atoms with Crippen LogP contribution in [0.25, 0.3) is 0 Å². The molecule has 2 N–H and O–H groups in total. The molecular weight excluding hydrogens is 554 g/mol. The fourth-order valence-corrected chi connectivity index (χ4v) is 5.93. The summed E-state index contributed by atoms with van der Waals surface area (Å²) in [7, 11) is -0.935. The van der Waals surface area contributed by atoms with Crippen molar-refractivity contribution < 1.29 is 27.5 Å². The lowest BCUT2D eigenvalue weighted by molar-refractivity contribution is -0.114. The molecule has 0 saturated heterocycles. The summed E-state index contributed by atoms with van der Waals surface area (Å²) >= 11 is 0. The maximum atomic E-state index is 13.6. The summed E-state index contributed by atoms with van der Waals surface area (Å²) in [4.78, 5) is 26.4. The Morgan fingerprint density at radius 3 is 2.19 bits per heavy atom.